The minimum atomic E-state index is -0.286. The molecule has 104 valence electrons. The Labute approximate surface area is 114 Å². The maximum Gasteiger partial charge on any atom is 0.333 e. The van der Waals surface area contributed by atoms with Gasteiger partial charge >= 0.3 is 5.97 Å². The Bertz CT molecular complexity index is 454. The zero-order valence-electron chi connectivity index (χ0n) is 12.0. The molecular formula is C15H21NO3. The van der Waals surface area contributed by atoms with Gasteiger partial charge in [0, 0.05) is 24.2 Å². The molecule has 0 amide bonds. The van der Waals surface area contributed by atoms with Crippen LogP contribution in [0.1, 0.15) is 12.5 Å². The van der Waals surface area contributed by atoms with Crippen LogP contribution in [0.3, 0.4) is 0 Å². The van der Waals surface area contributed by atoms with Crippen LogP contribution in [0.15, 0.2) is 35.9 Å². The highest BCUT2D eigenvalue weighted by Crippen LogP contribution is 2.18. The molecular weight excluding hydrogens is 242 g/mol. The third-order valence-electron chi connectivity index (χ3n) is 2.85. The van der Waals surface area contributed by atoms with E-state index in [2.05, 4.69) is 9.64 Å². The molecule has 0 aromatic heterocycles. The van der Waals surface area contributed by atoms with Gasteiger partial charge in [0.1, 0.15) is 5.75 Å². The first-order valence-electron chi connectivity index (χ1n) is 6.14. The molecule has 0 aliphatic heterocycles. The van der Waals surface area contributed by atoms with Crippen LogP contribution in [0, 0.1) is 0 Å². The van der Waals surface area contributed by atoms with Crippen LogP contribution in [0.25, 0.3) is 0 Å². The maximum atomic E-state index is 11.3. The van der Waals surface area contributed by atoms with E-state index in [0.29, 0.717) is 12.1 Å². The van der Waals surface area contributed by atoms with Crippen molar-refractivity contribution in [2.24, 2.45) is 0 Å². The van der Waals surface area contributed by atoms with Crippen LogP contribution in [-0.4, -0.2) is 38.7 Å². The number of nitrogens with zero attached hydrogens (tertiary/aromatic N) is 1. The van der Waals surface area contributed by atoms with Crippen molar-refractivity contribution >= 4 is 5.97 Å². The van der Waals surface area contributed by atoms with Crippen molar-refractivity contribution < 1.29 is 14.3 Å². The number of rotatable bonds is 6. The summed E-state index contributed by atoms with van der Waals surface area (Å²) in [4.78, 5) is 13.4. The summed E-state index contributed by atoms with van der Waals surface area (Å²) in [5.74, 6) is 0.591. The van der Waals surface area contributed by atoms with Crippen LogP contribution in [0.4, 0.5) is 0 Å². The molecule has 0 spiro atoms. The van der Waals surface area contributed by atoms with E-state index in [-0.39, 0.29) is 5.97 Å². The van der Waals surface area contributed by atoms with E-state index >= 15 is 0 Å². The van der Waals surface area contributed by atoms with Crippen molar-refractivity contribution in [2.75, 3.05) is 27.8 Å². The highest BCUT2D eigenvalue weighted by Gasteiger charge is 2.06. The van der Waals surface area contributed by atoms with E-state index in [4.69, 9.17) is 4.74 Å². The molecule has 0 radical (unpaired) electrons. The molecule has 0 saturated carbocycles. The van der Waals surface area contributed by atoms with Crippen LogP contribution < -0.4 is 4.74 Å². The summed E-state index contributed by atoms with van der Waals surface area (Å²) in [6.07, 6.45) is 1.86. The van der Waals surface area contributed by atoms with E-state index in [1.165, 1.54) is 7.11 Å². The highest BCUT2D eigenvalue weighted by molar-refractivity contribution is 5.87. The summed E-state index contributed by atoms with van der Waals surface area (Å²) in [6, 6.07) is 7.91. The fraction of sp³-hybridized carbons (Fsp3) is 0.400. The standard InChI is InChI=1S/C15H21NO3/c1-12(15(17)19-4)9-10-16(2)11-13-7-5-6-8-14(13)18-3/h5-9H,10-11H2,1-4H3. The average Bonchev–Trinajstić information content (AvgIpc) is 2.44. The van der Waals surface area contributed by atoms with E-state index < -0.39 is 0 Å². The van der Waals surface area contributed by atoms with E-state index in [9.17, 15) is 4.79 Å². The number of carbonyl (C=O) groups excluding carboxylic acids is 1. The van der Waals surface area contributed by atoms with Gasteiger partial charge in [0.25, 0.3) is 0 Å². The molecule has 0 unspecified atom stereocenters. The molecule has 0 fully saturated rings. The van der Waals surface area contributed by atoms with Crippen molar-refractivity contribution in [3.8, 4) is 5.75 Å². The van der Waals surface area contributed by atoms with Gasteiger partial charge in [-0.15, -0.1) is 0 Å². The quantitative estimate of drug-likeness (QED) is 0.583. The Balaban J connectivity index is 2.60. The Hall–Kier alpha value is -1.81. The molecule has 0 atom stereocenters. The van der Waals surface area contributed by atoms with Crippen LogP contribution in [0.5, 0.6) is 5.75 Å². The topological polar surface area (TPSA) is 38.8 Å². The van der Waals surface area contributed by atoms with Gasteiger partial charge in [-0.25, -0.2) is 4.79 Å². The molecule has 1 aromatic rings. The van der Waals surface area contributed by atoms with E-state index in [1.807, 2.05) is 37.4 Å². The Morgan fingerprint density at radius 3 is 2.63 bits per heavy atom. The first-order valence-corrected chi connectivity index (χ1v) is 6.14. The van der Waals surface area contributed by atoms with Gasteiger partial charge in [0.2, 0.25) is 0 Å². The zero-order chi connectivity index (χ0) is 14.3. The highest BCUT2D eigenvalue weighted by atomic mass is 16.5. The fourth-order valence-corrected chi connectivity index (χ4v) is 1.73. The minimum Gasteiger partial charge on any atom is -0.496 e. The normalized spacial score (nSPS) is 11.5. The maximum absolute atomic E-state index is 11.3. The molecule has 0 heterocycles. The largest absolute Gasteiger partial charge is 0.496 e. The van der Waals surface area contributed by atoms with Crippen molar-refractivity contribution in [2.45, 2.75) is 13.5 Å². The molecule has 1 rings (SSSR count). The number of esters is 1. The number of para-hydroxylation sites is 1. The molecule has 0 aliphatic rings. The lowest BCUT2D eigenvalue weighted by atomic mass is 10.2. The predicted octanol–water partition coefficient (Wildman–Crippen LogP) is 2.25. The molecule has 0 saturated heterocycles. The number of benzene rings is 1. The summed E-state index contributed by atoms with van der Waals surface area (Å²) in [7, 11) is 5.05. The predicted molar refractivity (Wildman–Crippen MR) is 75.1 cm³/mol. The minimum absolute atomic E-state index is 0.286. The second kappa shape index (κ2) is 7.59. The lowest BCUT2D eigenvalue weighted by molar-refractivity contribution is -0.136. The van der Waals surface area contributed by atoms with Gasteiger partial charge < -0.3 is 9.47 Å². The molecule has 4 nitrogen and oxygen atoms in total. The molecule has 1 aromatic carbocycles. The summed E-state index contributed by atoms with van der Waals surface area (Å²) in [6.45, 7) is 3.19. The number of hydrogen-bond donors (Lipinski definition) is 0. The van der Waals surface area contributed by atoms with Gasteiger partial charge in [-0.2, -0.15) is 0 Å². The van der Waals surface area contributed by atoms with Gasteiger partial charge in [-0.3, -0.25) is 4.90 Å². The Morgan fingerprint density at radius 1 is 1.32 bits per heavy atom. The summed E-state index contributed by atoms with van der Waals surface area (Å²) < 4.78 is 9.96. The third kappa shape index (κ3) is 4.75. The van der Waals surface area contributed by atoms with Gasteiger partial charge in [0.15, 0.2) is 0 Å². The fourth-order valence-electron chi connectivity index (χ4n) is 1.73. The second-order valence-electron chi connectivity index (χ2n) is 4.39. The van der Waals surface area contributed by atoms with Crippen molar-refractivity contribution in [1.29, 1.82) is 0 Å². The van der Waals surface area contributed by atoms with Crippen molar-refractivity contribution in [1.82, 2.24) is 4.90 Å². The molecule has 0 bridgehead atoms. The first-order chi connectivity index (χ1) is 9.08. The summed E-state index contributed by atoms with van der Waals surface area (Å²) >= 11 is 0. The van der Waals surface area contributed by atoms with E-state index in [1.54, 1.807) is 14.0 Å². The van der Waals surface area contributed by atoms with Gasteiger partial charge in [0.05, 0.1) is 14.2 Å². The average molecular weight is 263 g/mol. The van der Waals surface area contributed by atoms with Crippen LogP contribution in [0.2, 0.25) is 0 Å². The smallest absolute Gasteiger partial charge is 0.333 e. The first kappa shape index (κ1) is 15.2. The summed E-state index contributed by atoms with van der Waals surface area (Å²) in [5.41, 5.74) is 1.74. The van der Waals surface area contributed by atoms with Crippen LogP contribution >= 0.6 is 0 Å². The lowest BCUT2D eigenvalue weighted by Gasteiger charge is -2.16. The lowest BCUT2D eigenvalue weighted by Crippen LogP contribution is -2.19. The van der Waals surface area contributed by atoms with Gasteiger partial charge in [-0.05, 0) is 20.0 Å². The molecule has 19 heavy (non-hydrogen) atoms. The number of likely N-dealkylation sites (N-methyl/N-ethyl adjacent to an activating group) is 1. The Kier molecular flexibility index (Phi) is 6.09. The number of hydrogen-bond acceptors (Lipinski definition) is 4. The second-order valence-corrected chi connectivity index (χ2v) is 4.39. The molecule has 4 heteroatoms. The van der Waals surface area contributed by atoms with E-state index in [0.717, 1.165) is 17.9 Å². The zero-order valence-corrected chi connectivity index (χ0v) is 12.0. The SMILES string of the molecule is COC(=O)C(C)=CCN(C)Cc1ccccc1OC. The number of ether oxygens (including phenoxy) is 2. The number of carbonyl (C=O) groups is 1. The van der Waals surface area contributed by atoms with Gasteiger partial charge in [-0.1, -0.05) is 24.3 Å². The van der Waals surface area contributed by atoms with Crippen molar-refractivity contribution in [3.05, 3.63) is 41.5 Å². The Morgan fingerprint density at radius 2 is 2.00 bits per heavy atom. The third-order valence-corrected chi connectivity index (χ3v) is 2.85. The summed E-state index contributed by atoms with van der Waals surface area (Å²) in [5, 5.41) is 0. The number of methoxy groups -OCH3 is 2. The monoisotopic (exact) mass is 263 g/mol. The molecule has 0 N–H and O–H groups in total. The van der Waals surface area contributed by atoms with Crippen LogP contribution in [-0.2, 0) is 16.1 Å². The van der Waals surface area contributed by atoms with Crippen molar-refractivity contribution in [3.63, 3.8) is 0 Å². The molecule has 0 aliphatic carbocycles.